The third-order valence-electron chi connectivity index (χ3n) is 1.41. The molecule has 0 bridgehead atoms. The fourth-order valence-corrected chi connectivity index (χ4v) is 0.862. The lowest BCUT2D eigenvalue weighted by atomic mass is 9.97. The molecule has 3 heteroatoms. The fraction of sp³-hybridized carbons (Fsp3) is 0.125. The molecule has 0 heterocycles. The van der Waals surface area contributed by atoms with Crippen molar-refractivity contribution in [3.8, 4) is 0 Å². The molecule has 1 aliphatic carbocycles. The summed E-state index contributed by atoms with van der Waals surface area (Å²) in [7, 11) is 0. The Morgan fingerprint density at radius 2 is 2.45 bits per heavy atom. The topological polar surface area (TPSA) is 49.7 Å². The van der Waals surface area contributed by atoms with Crippen molar-refractivity contribution >= 4 is 12.2 Å². The van der Waals surface area contributed by atoms with Crippen molar-refractivity contribution in [3.05, 3.63) is 29.9 Å². The number of rotatable bonds is 1. The average Bonchev–Trinajstić information content (AvgIpc) is 2.06. The first-order chi connectivity index (χ1) is 5.38. The molecular formula is C8H7NO2. The van der Waals surface area contributed by atoms with E-state index in [1.165, 1.54) is 6.21 Å². The smallest absolute Gasteiger partial charge is 0.128 e. The van der Waals surface area contributed by atoms with E-state index < -0.39 is 0 Å². The molecule has 1 N–H and O–H groups in total. The summed E-state index contributed by atoms with van der Waals surface area (Å²) in [4.78, 5) is 10.3. The van der Waals surface area contributed by atoms with Crippen molar-refractivity contribution in [2.75, 3.05) is 0 Å². The van der Waals surface area contributed by atoms with Crippen LogP contribution in [0.2, 0.25) is 0 Å². The van der Waals surface area contributed by atoms with Crippen LogP contribution in [-0.2, 0) is 4.79 Å². The van der Waals surface area contributed by atoms with Crippen molar-refractivity contribution in [1.29, 1.82) is 0 Å². The second kappa shape index (κ2) is 3.54. The Kier molecular flexibility index (Phi) is 2.42. The molecule has 3 nitrogen and oxygen atoms in total. The predicted octanol–water partition coefficient (Wildman–Crippen LogP) is 0.947. The van der Waals surface area contributed by atoms with E-state index in [1.54, 1.807) is 30.2 Å². The molecule has 0 aromatic carbocycles. The number of hydrogen-bond donors (Lipinski definition) is 1. The van der Waals surface area contributed by atoms with Crippen LogP contribution in [0.25, 0.3) is 0 Å². The molecule has 11 heavy (non-hydrogen) atoms. The standard InChI is InChI=1S/C8H7NO2/c10-6-8-4-2-1-3-7(8)5-9-11/h1-5,7,11H. The van der Waals surface area contributed by atoms with Crippen LogP contribution in [0.1, 0.15) is 0 Å². The van der Waals surface area contributed by atoms with Crippen LogP contribution in [0.3, 0.4) is 0 Å². The quantitative estimate of drug-likeness (QED) is 0.261. The molecule has 0 aromatic rings. The van der Waals surface area contributed by atoms with Crippen molar-refractivity contribution in [2.45, 2.75) is 0 Å². The van der Waals surface area contributed by atoms with Gasteiger partial charge < -0.3 is 5.21 Å². The Labute approximate surface area is 64.0 Å². The Hall–Kier alpha value is -1.60. The molecule has 0 aliphatic heterocycles. The van der Waals surface area contributed by atoms with Crippen LogP contribution in [0.5, 0.6) is 0 Å². The Morgan fingerprint density at radius 1 is 1.64 bits per heavy atom. The normalized spacial score (nSPS) is 22.5. The first-order valence-corrected chi connectivity index (χ1v) is 3.16. The molecule has 0 amide bonds. The zero-order valence-corrected chi connectivity index (χ0v) is 5.77. The van der Waals surface area contributed by atoms with Gasteiger partial charge in [-0.05, 0) is 6.08 Å². The van der Waals surface area contributed by atoms with Crippen LogP contribution < -0.4 is 0 Å². The van der Waals surface area contributed by atoms with Gasteiger partial charge in [-0.1, -0.05) is 18.2 Å². The molecule has 0 spiro atoms. The summed E-state index contributed by atoms with van der Waals surface area (Å²) in [6.07, 6.45) is 8.19. The summed E-state index contributed by atoms with van der Waals surface area (Å²) in [6, 6.07) is 0. The molecule has 56 valence electrons. The van der Waals surface area contributed by atoms with Gasteiger partial charge in [-0.2, -0.15) is 0 Å². The number of hydrogen-bond acceptors (Lipinski definition) is 3. The maximum absolute atomic E-state index is 10.3. The lowest BCUT2D eigenvalue weighted by molar-refractivity contribution is 0.320. The third kappa shape index (κ3) is 1.66. The molecule has 0 saturated carbocycles. The summed E-state index contributed by atoms with van der Waals surface area (Å²) >= 11 is 0. The molecule has 0 aromatic heterocycles. The predicted molar refractivity (Wildman–Crippen MR) is 41.3 cm³/mol. The lowest BCUT2D eigenvalue weighted by Gasteiger charge is -2.05. The van der Waals surface area contributed by atoms with Gasteiger partial charge in [0, 0.05) is 5.57 Å². The van der Waals surface area contributed by atoms with Gasteiger partial charge in [-0.25, -0.2) is 4.79 Å². The molecule has 1 aliphatic rings. The van der Waals surface area contributed by atoms with Gasteiger partial charge >= 0.3 is 0 Å². The summed E-state index contributed by atoms with van der Waals surface area (Å²) in [5.74, 6) is 1.53. The Balaban J connectivity index is 2.88. The fourth-order valence-electron chi connectivity index (χ4n) is 0.862. The maximum Gasteiger partial charge on any atom is 0.128 e. The van der Waals surface area contributed by atoms with Crippen molar-refractivity contribution < 1.29 is 10.0 Å². The van der Waals surface area contributed by atoms with Crippen LogP contribution in [0.15, 0.2) is 35.0 Å². The second-order valence-corrected chi connectivity index (χ2v) is 2.09. The summed E-state index contributed by atoms with van der Waals surface area (Å²) in [5.41, 5.74) is 0.477. The minimum atomic E-state index is -0.234. The molecule has 0 saturated heterocycles. The van der Waals surface area contributed by atoms with E-state index in [0.717, 1.165) is 0 Å². The van der Waals surface area contributed by atoms with E-state index in [1.807, 2.05) is 0 Å². The highest BCUT2D eigenvalue weighted by Gasteiger charge is 2.08. The van der Waals surface area contributed by atoms with E-state index in [4.69, 9.17) is 5.21 Å². The van der Waals surface area contributed by atoms with E-state index in [0.29, 0.717) is 5.57 Å². The molecule has 1 rings (SSSR count). The summed E-state index contributed by atoms with van der Waals surface area (Å²) < 4.78 is 0. The highest BCUT2D eigenvalue weighted by atomic mass is 16.4. The number of carbonyl (C=O) groups excluding carboxylic acids is 1. The SMILES string of the molecule is O=C=C1C=CC=CC1C=NO. The molecule has 0 fully saturated rings. The largest absolute Gasteiger partial charge is 0.411 e. The molecule has 1 unspecified atom stereocenters. The second-order valence-electron chi connectivity index (χ2n) is 2.09. The first kappa shape index (κ1) is 7.51. The van der Waals surface area contributed by atoms with Crippen molar-refractivity contribution in [2.24, 2.45) is 11.1 Å². The molecular weight excluding hydrogens is 142 g/mol. The van der Waals surface area contributed by atoms with Gasteiger partial charge in [0.05, 0.1) is 12.1 Å². The molecule has 0 radical (unpaired) electrons. The van der Waals surface area contributed by atoms with Gasteiger partial charge in [-0.3, -0.25) is 0 Å². The number of oxime groups is 1. The first-order valence-electron chi connectivity index (χ1n) is 3.16. The van der Waals surface area contributed by atoms with Gasteiger partial charge in [0.2, 0.25) is 0 Å². The van der Waals surface area contributed by atoms with Gasteiger partial charge in [-0.15, -0.1) is 5.16 Å². The zero-order valence-electron chi connectivity index (χ0n) is 5.77. The zero-order chi connectivity index (χ0) is 8.10. The van der Waals surface area contributed by atoms with Crippen LogP contribution >= 0.6 is 0 Å². The molecule has 1 atom stereocenters. The van der Waals surface area contributed by atoms with Crippen LogP contribution in [0.4, 0.5) is 0 Å². The lowest BCUT2D eigenvalue weighted by Crippen LogP contribution is -2.03. The van der Waals surface area contributed by atoms with Crippen molar-refractivity contribution in [3.63, 3.8) is 0 Å². The van der Waals surface area contributed by atoms with E-state index >= 15 is 0 Å². The van der Waals surface area contributed by atoms with Crippen molar-refractivity contribution in [1.82, 2.24) is 0 Å². The minimum Gasteiger partial charge on any atom is -0.411 e. The van der Waals surface area contributed by atoms with Gasteiger partial charge in [0.15, 0.2) is 0 Å². The number of nitrogens with zero attached hydrogens (tertiary/aromatic N) is 1. The van der Waals surface area contributed by atoms with Crippen LogP contribution in [0, 0.1) is 5.92 Å². The Bertz CT molecular complexity index is 270. The van der Waals surface area contributed by atoms with Crippen LogP contribution in [-0.4, -0.2) is 17.4 Å². The number of allylic oxidation sites excluding steroid dienone is 5. The summed E-state index contributed by atoms with van der Waals surface area (Å²) in [6.45, 7) is 0. The highest BCUT2D eigenvalue weighted by Crippen LogP contribution is 2.13. The van der Waals surface area contributed by atoms with E-state index in [9.17, 15) is 4.79 Å². The summed E-state index contributed by atoms with van der Waals surface area (Å²) in [5, 5.41) is 11.0. The van der Waals surface area contributed by atoms with Gasteiger partial charge in [0.1, 0.15) is 5.94 Å². The Morgan fingerprint density at radius 3 is 3.09 bits per heavy atom. The van der Waals surface area contributed by atoms with E-state index in [-0.39, 0.29) is 5.92 Å². The van der Waals surface area contributed by atoms with Gasteiger partial charge in [0.25, 0.3) is 0 Å². The maximum atomic E-state index is 10.3. The average molecular weight is 149 g/mol. The minimum absolute atomic E-state index is 0.234. The highest BCUT2D eigenvalue weighted by molar-refractivity contribution is 5.76. The third-order valence-corrected chi connectivity index (χ3v) is 1.41. The van der Waals surface area contributed by atoms with E-state index in [2.05, 4.69) is 5.16 Å². The monoisotopic (exact) mass is 149 g/mol.